The summed E-state index contributed by atoms with van der Waals surface area (Å²) >= 11 is 1.52. The Morgan fingerprint density at radius 1 is 1.06 bits per heavy atom. The van der Waals surface area contributed by atoms with Crippen molar-refractivity contribution in [3.05, 3.63) is 92.3 Å². The highest BCUT2D eigenvalue weighted by Crippen LogP contribution is 2.33. The van der Waals surface area contributed by atoms with E-state index in [1.807, 2.05) is 25.1 Å². The van der Waals surface area contributed by atoms with Gasteiger partial charge in [0.25, 0.3) is 5.69 Å². The number of thiazole rings is 1. The predicted octanol–water partition coefficient (Wildman–Crippen LogP) is 4.92. The lowest BCUT2D eigenvalue weighted by Gasteiger charge is -2.08. The quantitative estimate of drug-likeness (QED) is 0.221. The first-order chi connectivity index (χ1) is 16.0. The third-order valence-corrected chi connectivity index (χ3v) is 6.12. The molecule has 0 saturated heterocycles. The van der Waals surface area contributed by atoms with Gasteiger partial charge in [0, 0.05) is 0 Å². The van der Waals surface area contributed by atoms with Crippen LogP contribution < -0.4 is 14.3 Å². The predicted molar refractivity (Wildman–Crippen MR) is 129 cm³/mol. The molecule has 0 N–H and O–H groups in total. The summed E-state index contributed by atoms with van der Waals surface area (Å²) in [4.78, 5) is 11.8. The summed E-state index contributed by atoms with van der Waals surface area (Å²) in [7, 11) is 2.90. The Bertz CT molecular complexity index is 1410. The number of aryl methyl sites for hydroxylation is 1. The molecule has 0 aliphatic rings. The number of ether oxygens (including phenoxy) is 2. The van der Waals surface area contributed by atoms with E-state index in [4.69, 9.17) is 9.47 Å². The summed E-state index contributed by atoms with van der Waals surface area (Å²) < 4.78 is 13.6. The standard InChI is InChI=1S/C24H22N4O4S/c1-16-9-10-19-23(11-16)33-24(27(19)15-17-7-5-4-6-8-17)26-25-14-18-12-21(31-2)22(32-3)13-20(18)28(29)30/h4-14H,15H2,1-3H3/b25-14+,26-24-. The van der Waals surface area contributed by atoms with Gasteiger partial charge in [-0.2, -0.15) is 5.10 Å². The van der Waals surface area contributed by atoms with E-state index in [1.54, 1.807) is 0 Å². The van der Waals surface area contributed by atoms with Gasteiger partial charge < -0.3 is 14.0 Å². The Labute approximate surface area is 194 Å². The van der Waals surface area contributed by atoms with Crippen molar-refractivity contribution < 1.29 is 14.4 Å². The van der Waals surface area contributed by atoms with E-state index in [0.717, 1.165) is 21.3 Å². The largest absolute Gasteiger partial charge is 0.493 e. The van der Waals surface area contributed by atoms with Crippen molar-refractivity contribution in [2.75, 3.05) is 14.2 Å². The molecule has 4 rings (SSSR count). The average Bonchev–Trinajstić information content (AvgIpc) is 3.15. The van der Waals surface area contributed by atoms with Crippen LogP contribution >= 0.6 is 11.3 Å². The molecule has 0 amide bonds. The fourth-order valence-electron chi connectivity index (χ4n) is 3.46. The Hall–Kier alpha value is -3.98. The smallest absolute Gasteiger partial charge is 0.282 e. The molecule has 3 aromatic carbocycles. The second kappa shape index (κ2) is 9.66. The lowest BCUT2D eigenvalue weighted by Crippen LogP contribution is -2.15. The molecule has 168 valence electrons. The molecule has 0 radical (unpaired) electrons. The molecule has 0 spiro atoms. The van der Waals surface area contributed by atoms with E-state index in [2.05, 4.69) is 45.1 Å². The Balaban J connectivity index is 1.80. The van der Waals surface area contributed by atoms with Gasteiger partial charge in [0.15, 0.2) is 11.5 Å². The van der Waals surface area contributed by atoms with Crippen LogP contribution in [0.4, 0.5) is 5.69 Å². The topological polar surface area (TPSA) is 91.2 Å². The summed E-state index contributed by atoms with van der Waals surface area (Å²) in [6, 6.07) is 19.2. The SMILES string of the molecule is COc1cc(/C=N/N=c2\sc3cc(C)ccc3n2Cc2ccccc2)c([N+](=O)[O-])cc1OC. The zero-order chi connectivity index (χ0) is 23.4. The molecular formula is C24H22N4O4S. The van der Waals surface area contributed by atoms with Crippen LogP contribution in [0.1, 0.15) is 16.7 Å². The lowest BCUT2D eigenvalue weighted by atomic mass is 10.1. The minimum absolute atomic E-state index is 0.143. The number of rotatable bonds is 7. The Morgan fingerprint density at radius 3 is 2.48 bits per heavy atom. The van der Waals surface area contributed by atoms with Gasteiger partial charge in [-0.15, -0.1) is 5.10 Å². The number of methoxy groups -OCH3 is 2. The van der Waals surface area contributed by atoms with Crippen molar-refractivity contribution >= 4 is 33.5 Å². The minimum Gasteiger partial charge on any atom is -0.493 e. The van der Waals surface area contributed by atoms with Crippen LogP contribution in [0.3, 0.4) is 0 Å². The highest BCUT2D eigenvalue weighted by molar-refractivity contribution is 7.16. The molecule has 0 unspecified atom stereocenters. The molecule has 1 aromatic heterocycles. The van der Waals surface area contributed by atoms with Crippen molar-refractivity contribution in [1.82, 2.24) is 4.57 Å². The van der Waals surface area contributed by atoms with E-state index in [9.17, 15) is 10.1 Å². The lowest BCUT2D eigenvalue weighted by molar-refractivity contribution is -0.385. The number of benzene rings is 3. The van der Waals surface area contributed by atoms with Crippen molar-refractivity contribution in [2.24, 2.45) is 10.2 Å². The molecule has 0 bridgehead atoms. The van der Waals surface area contributed by atoms with Gasteiger partial charge in [-0.1, -0.05) is 47.7 Å². The second-order valence-electron chi connectivity index (χ2n) is 7.30. The summed E-state index contributed by atoms with van der Waals surface area (Å²) in [5.74, 6) is 0.653. The molecule has 0 aliphatic heterocycles. The number of fused-ring (bicyclic) bond motifs is 1. The van der Waals surface area contributed by atoms with Crippen LogP contribution in [0.25, 0.3) is 10.2 Å². The Kier molecular flexibility index (Phi) is 6.50. The van der Waals surface area contributed by atoms with E-state index >= 15 is 0 Å². The number of hydrogen-bond acceptors (Lipinski definition) is 7. The molecular weight excluding hydrogens is 440 g/mol. The number of aromatic nitrogens is 1. The number of hydrogen-bond donors (Lipinski definition) is 0. The van der Waals surface area contributed by atoms with Crippen molar-refractivity contribution in [3.63, 3.8) is 0 Å². The van der Waals surface area contributed by atoms with Crippen LogP contribution in [0, 0.1) is 17.0 Å². The summed E-state index contributed by atoms with van der Waals surface area (Å²) in [5, 5.41) is 20.2. The van der Waals surface area contributed by atoms with E-state index in [-0.39, 0.29) is 17.0 Å². The number of nitro benzene ring substituents is 1. The summed E-state index contributed by atoms with van der Waals surface area (Å²) in [6.07, 6.45) is 1.36. The Morgan fingerprint density at radius 2 is 1.79 bits per heavy atom. The molecule has 0 fully saturated rings. The first-order valence-electron chi connectivity index (χ1n) is 10.1. The molecule has 33 heavy (non-hydrogen) atoms. The summed E-state index contributed by atoms with van der Waals surface area (Å²) in [5.41, 5.74) is 3.48. The van der Waals surface area contributed by atoms with Crippen LogP contribution in [-0.2, 0) is 6.54 Å². The normalized spacial score (nSPS) is 11.9. The van der Waals surface area contributed by atoms with Gasteiger partial charge in [-0.3, -0.25) is 10.1 Å². The van der Waals surface area contributed by atoms with Crippen LogP contribution in [0.2, 0.25) is 0 Å². The van der Waals surface area contributed by atoms with Gasteiger partial charge >= 0.3 is 0 Å². The van der Waals surface area contributed by atoms with Gasteiger partial charge in [0.05, 0.1) is 53.7 Å². The third kappa shape index (κ3) is 4.78. The first kappa shape index (κ1) is 22.2. The zero-order valence-electron chi connectivity index (χ0n) is 18.4. The van der Waals surface area contributed by atoms with E-state index < -0.39 is 4.92 Å². The second-order valence-corrected chi connectivity index (χ2v) is 8.30. The van der Waals surface area contributed by atoms with Gasteiger partial charge in [-0.05, 0) is 36.2 Å². The monoisotopic (exact) mass is 462 g/mol. The third-order valence-electron chi connectivity index (χ3n) is 5.09. The fraction of sp³-hybridized carbons (Fsp3) is 0.167. The van der Waals surface area contributed by atoms with Crippen LogP contribution in [0.5, 0.6) is 11.5 Å². The van der Waals surface area contributed by atoms with Crippen molar-refractivity contribution in [2.45, 2.75) is 13.5 Å². The van der Waals surface area contributed by atoms with Crippen LogP contribution in [0.15, 0.2) is 70.9 Å². The van der Waals surface area contributed by atoms with Gasteiger partial charge in [0.2, 0.25) is 4.80 Å². The maximum atomic E-state index is 11.5. The fourth-order valence-corrected chi connectivity index (χ4v) is 4.55. The molecule has 9 heteroatoms. The molecule has 8 nitrogen and oxygen atoms in total. The summed E-state index contributed by atoms with van der Waals surface area (Å²) in [6.45, 7) is 2.68. The van der Waals surface area contributed by atoms with Gasteiger partial charge in [-0.25, -0.2) is 0 Å². The minimum atomic E-state index is -0.485. The van der Waals surface area contributed by atoms with Crippen molar-refractivity contribution in [1.29, 1.82) is 0 Å². The zero-order valence-corrected chi connectivity index (χ0v) is 19.2. The maximum absolute atomic E-state index is 11.5. The highest BCUT2D eigenvalue weighted by atomic mass is 32.1. The molecule has 4 aromatic rings. The van der Waals surface area contributed by atoms with E-state index in [0.29, 0.717) is 17.1 Å². The number of nitrogens with zero attached hydrogens (tertiary/aromatic N) is 4. The molecule has 1 heterocycles. The average molecular weight is 463 g/mol. The highest BCUT2D eigenvalue weighted by Gasteiger charge is 2.18. The molecule has 0 saturated carbocycles. The first-order valence-corrected chi connectivity index (χ1v) is 10.9. The van der Waals surface area contributed by atoms with Crippen LogP contribution in [-0.4, -0.2) is 29.9 Å². The molecule has 0 atom stereocenters. The maximum Gasteiger partial charge on any atom is 0.282 e. The van der Waals surface area contributed by atoms with E-state index in [1.165, 1.54) is 43.9 Å². The molecule has 0 aliphatic carbocycles. The van der Waals surface area contributed by atoms with Crippen molar-refractivity contribution in [3.8, 4) is 11.5 Å². The number of nitro groups is 1. The van der Waals surface area contributed by atoms with Gasteiger partial charge in [0.1, 0.15) is 0 Å².